The van der Waals surface area contributed by atoms with Crippen LogP contribution in [0.1, 0.15) is 0 Å². The van der Waals surface area contributed by atoms with Crippen molar-refractivity contribution < 1.29 is 5.11 Å². The summed E-state index contributed by atoms with van der Waals surface area (Å²) in [6.45, 7) is 0. The highest BCUT2D eigenvalue weighted by molar-refractivity contribution is 9.42. The summed E-state index contributed by atoms with van der Waals surface area (Å²) in [4.78, 5) is 0. The highest BCUT2D eigenvalue weighted by Gasteiger charge is 2.84. The molecule has 0 saturated heterocycles. The highest BCUT2D eigenvalue weighted by atomic mass is 80.0. The van der Waals surface area contributed by atoms with E-state index in [1.54, 1.807) is 0 Å². The molecule has 0 aliphatic heterocycles. The minimum atomic E-state index is -1.64. The predicted octanol–water partition coefficient (Wildman–Crippen LogP) is 15.4. The van der Waals surface area contributed by atoms with Crippen LogP contribution in [0, 0.1) is 5.41 Å². The van der Waals surface area contributed by atoms with Gasteiger partial charge in [0, 0.05) is 0 Å². The van der Waals surface area contributed by atoms with Crippen molar-refractivity contribution in [3.8, 4) is 0 Å². The van der Waals surface area contributed by atoms with Crippen LogP contribution in [0.25, 0.3) is 0 Å². The van der Waals surface area contributed by atoms with Crippen molar-refractivity contribution in [3.63, 3.8) is 0 Å². The minimum Gasteiger partial charge on any atom is -0.368 e. The SMILES string of the molecule is OC(Br)(Br)C(Br)(Br)C(Br)(Br)C(Br)(Br)C(Br)(Br)C(Br)(Br)C(C(Br)(Br)Br)(C(Br)(Br)Br)C(Br)(Br)Br. The van der Waals surface area contributed by atoms with Gasteiger partial charge in [0.05, 0.1) is 0 Å². The molecule has 0 atom stereocenters. The summed E-state index contributed by atoms with van der Waals surface area (Å²) in [5.41, 5.74) is -1.16. The summed E-state index contributed by atoms with van der Waals surface area (Å²) in [6.07, 6.45) is 0. The third-order valence-corrected chi connectivity index (χ3v) is 32.7. The quantitative estimate of drug-likeness (QED) is 0.263. The third-order valence-electron chi connectivity index (χ3n) is 3.70. The Bertz CT molecular complexity index is 647. The number of hydrogen-bond acceptors (Lipinski definition) is 1. The van der Waals surface area contributed by atoms with Crippen LogP contribution in [-0.4, -0.2) is 31.1 Å². The Morgan fingerprint density at radius 1 is 0.281 bits per heavy atom. The molecule has 1 nitrogen and oxygen atoms in total. The zero-order valence-electron chi connectivity index (χ0n) is 13.4. The first-order chi connectivity index (χ1) is 13.2. The van der Waals surface area contributed by atoms with Gasteiger partial charge in [-0.1, -0.05) is 303 Å². The maximum atomic E-state index is 10.8. The van der Waals surface area contributed by atoms with Gasteiger partial charge in [-0.2, -0.15) is 0 Å². The fourth-order valence-corrected chi connectivity index (χ4v) is 33.4. The van der Waals surface area contributed by atoms with Crippen molar-refractivity contribution in [1.82, 2.24) is 0 Å². The molecule has 0 spiro atoms. The minimum absolute atomic E-state index is 1.03. The van der Waals surface area contributed by atoms with Crippen molar-refractivity contribution in [2.24, 2.45) is 5.41 Å². The first kappa shape index (κ1) is 42.0. The lowest BCUT2D eigenvalue weighted by atomic mass is 9.87. The standard InChI is InChI=1S/C10HBr21O/c11-2(12,1(7(21,22)23,8(24,25)26)9(27,28)29)3(13,14)4(15,16)5(17,18)6(19,20)10(30,31)32/h32H. The Hall–Kier alpha value is 10.0. The Kier molecular flexibility index (Phi) is 17.6. The molecule has 0 aliphatic rings. The molecule has 0 saturated carbocycles. The first-order valence-electron chi connectivity index (χ1n) is 6.44. The molecule has 0 fully saturated rings. The molecular formula is C10HBr21O. The Morgan fingerprint density at radius 3 is 0.656 bits per heavy atom. The van der Waals surface area contributed by atoms with Gasteiger partial charge in [0.1, 0.15) is 24.8 Å². The molecule has 0 aromatic rings. The molecule has 22 heteroatoms. The van der Waals surface area contributed by atoms with Gasteiger partial charge < -0.3 is 5.11 Å². The summed E-state index contributed by atoms with van der Waals surface area (Å²) in [5.74, 6) is 0. The lowest BCUT2D eigenvalue weighted by molar-refractivity contribution is 0.226. The van der Waals surface area contributed by atoms with Crippen molar-refractivity contribution in [2.75, 3.05) is 0 Å². The van der Waals surface area contributed by atoms with E-state index in [1.165, 1.54) is 0 Å². The summed E-state index contributed by atoms with van der Waals surface area (Å²) in [6, 6.07) is 0. The van der Waals surface area contributed by atoms with E-state index < -0.39 is 31.4 Å². The fraction of sp³-hybridized carbons (Fsp3) is 1.00. The van der Waals surface area contributed by atoms with E-state index in [-0.39, 0.29) is 0 Å². The molecule has 0 unspecified atom stereocenters. The van der Waals surface area contributed by atoms with E-state index in [0.717, 1.165) is 0 Å². The van der Waals surface area contributed by atoms with Gasteiger partial charge in [-0.05, 0) is 31.9 Å². The second-order valence-corrected chi connectivity index (χ2v) is 46.5. The largest absolute Gasteiger partial charge is 0.368 e. The molecular weight excluding hydrogens is 1810 g/mol. The molecule has 0 aromatic carbocycles. The van der Waals surface area contributed by atoms with Crippen LogP contribution in [0.15, 0.2) is 0 Å². The molecule has 0 bridgehead atoms. The van der Waals surface area contributed by atoms with Crippen LogP contribution in [0.5, 0.6) is 0 Å². The normalized spacial score (nSPS) is 17.1. The zero-order chi connectivity index (χ0) is 27.0. The predicted molar refractivity (Wildman–Crippen MR) is 217 cm³/mol. The average molecular weight is 1820 g/mol. The molecule has 0 rings (SSSR count). The molecule has 0 heterocycles. The highest BCUT2D eigenvalue weighted by Crippen LogP contribution is 2.84. The van der Waals surface area contributed by atoms with Crippen LogP contribution >= 0.6 is 335 Å². The molecule has 0 amide bonds. The average Bonchev–Trinajstić information content (AvgIpc) is 2.39. The van der Waals surface area contributed by atoms with E-state index in [2.05, 4.69) is 335 Å². The van der Waals surface area contributed by atoms with E-state index in [0.29, 0.717) is 0 Å². The summed E-state index contributed by atoms with van der Waals surface area (Å²) >= 11 is 77.6. The van der Waals surface area contributed by atoms with Crippen LogP contribution in [0.3, 0.4) is 0 Å². The van der Waals surface area contributed by atoms with E-state index >= 15 is 0 Å². The van der Waals surface area contributed by atoms with Crippen molar-refractivity contribution in [2.45, 2.75) is 26.0 Å². The molecule has 0 radical (unpaired) electrons. The fourth-order valence-electron chi connectivity index (χ4n) is 2.03. The van der Waals surface area contributed by atoms with Crippen molar-refractivity contribution in [1.29, 1.82) is 0 Å². The zero-order valence-corrected chi connectivity index (χ0v) is 46.7. The Balaban J connectivity index is 7.57. The monoisotopic (exact) mass is 1790 g/mol. The molecule has 32 heavy (non-hydrogen) atoms. The summed E-state index contributed by atoms with van der Waals surface area (Å²) < 4.78 is -10.9. The Labute approximate surface area is 362 Å². The number of hydrogen-bond donors (Lipinski definition) is 1. The summed E-state index contributed by atoms with van der Waals surface area (Å²) in [5, 5.41) is 10.8. The topological polar surface area (TPSA) is 20.2 Å². The van der Waals surface area contributed by atoms with Gasteiger partial charge in [0.25, 0.3) is 0 Å². The molecule has 0 aliphatic carbocycles. The van der Waals surface area contributed by atoms with E-state index in [9.17, 15) is 5.11 Å². The van der Waals surface area contributed by atoms with Gasteiger partial charge >= 0.3 is 0 Å². The second kappa shape index (κ2) is 13.4. The molecule has 194 valence electrons. The van der Waals surface area contributed by atoms with Gasteiger partial charge in [-0.3, -0.25) is 0 Å². The lowest BCUT2D eigenvalue weighted by Gasteiger charge is -2.63. The van der Waals surface area contributed by atoms with Crippen LogP contribution in [0.4, 0.5) is 0 Å². The first-order valence-corrected chi connectivity index (χ1v) is 23.1. The molecule has 1 N–H and O–H groups in total. The van der Waals surface area contributed by atoms with Crippen LogP contribution in [0.2, 0.25) is 0 Å². The van der Waals surface area contributed by atoms with Gasteiger partial charge in [0.15, 0.2) is 3.23 Å². The lowest BCUT2D eigenvalue weighted by Crippen LogP contribution is -2.73. The second-order valence-electron chi connectivity index (χ2n) is 5.66. The van der Waals surface area contributed by atoms with Gasteiger partial charge in [-0.15, -0.1) is 0 Å². The molecule has 0 aromatic heterocycles. The maximum absolute atomic E-state index is 10.8. The van der Waals surface area contributed by atoms with E-state index in [4.69, 9.17) is 0 Å². The van der Waals surface area contributed by atoms with E-state index in [1.807, 2.05) is 0 Å². The third kappa shape index (κ3) is 7.36. The van der Waals surface area contributed by atoms with Crippen molar-refractivity contribution >= 4 is 335 Å². The number of aliphatic hydroxyl groups is 1. The summed E-state index contributed by atoms with van der Waals surface area (Å²) in [7, 11) is 0. The van der Waals surface area contributed by atoms with Crippen LogP contribution in [-0.2, 0) is 0 Å². The number of rotatable bonds is 6. The smallest absolute Gasteiger partial charge is 0.202 e. The van der Waals surface area contributed by atoms with Gasteiger partial charge in [-0.25, -0.2) is 0 Å². The Morgan fingerprint density at radius 2 is 0.469 bits per heavy atom. The number of alkyl halides is 21. The maximum Gasteiger partial charge on any atom is 0.202 e. The van der Waals surface area contributed by atoms with Gasteiger partial charge in [0.2, 0.25) is 3.42 Å². The number of halogens is 21. The van der Waals surface area contributed by atoms with Crippen LogP contribution < -0.4 is 0 Å². The van der Waals surface area contributed by atoms with Crippen molar-refractivity contribution in [3.05, 3.63) is 0 Å².